The molecule has 158 valence electrons. The van der Waals surface area contributed by atoms with Gasteiger partial charge in [-0.3, -0.25) is 9.69 Å². The van der Waals surface area contributed by atoms with E-state index in [1.165, 1.54) is 11.3 Å². The highest BCUT2D eigenvalue weighted by Crippen LogP contribution is 2.31. The Morgan fingerprint density at radius 1 is 1.10 bits per heavy atom. The second kappa shape index (κ2) is 8.79. The molecule has 1 fully saturated rings. The van der Waals surface area contributed by atoms with Crippen LogP contribution in [0.3, 0.4) is 0 Å². The molecule has 7 heteroatoms. The maximum Gasteiger partial charge on any atom is 0.262 e. The van der Waals surface area contributed by atoms with Gasteiger partial charge in [-0.15, -0.1) is 11.3 Å². The number of hydrogen-bond donors (Lipinski definition) is 1. The first-order valence-corrected chi connectivity index (χ1v) is 11.2. The maximum atomic E-state index is 13.3. The van der Waals surface area contributed by atoms with Crippen molar-refractivity contribution >= 4 is 27.5 Å². The van der Waals surface area contributed by atoms with Gasteiger partial charge in [-0.1, -0.05) is 30.3 Å². The zero-order chi connectivity index (χ0) is 21.3. The molecule has 3 heterocycles. The topological polar surface area (TPSA) is 61.4 Å². The maximum absolute atomic E-state index is 13.3. The van der Waals surface area contributed by atoms with Gasteiger partial charge in [-0.2, -0.15) is 0 Å². The smallest absolute Gasteiger partial charge is 0.262 e. The minimum Gasteiger partial charge on any atom is -0.343 e. The highest BCUT2D eigenvalue weighted by atomic mass is 32.1. The largest absolute Gasteiger partial charge is 0.343 e. The van der Waals surface area contributed by atoms with E-state index in [-0.39, 0.29) is 11.9 Å². The third-order valence-electron chi connectivity index (χ3n) is 5.83. The fraction of sp³-hybridized carbons (Fsp3) is 0.435. The van der Waals surface area contributed by atoms with Crippen LogP contribution in [0.1, 0.15) is 38.4 Å². The third-order valence-corrected chi connectivity index (χ3v) is 7.02. The summed E-state index contributed by atoms with van der Waals surface area (Å²) in [4.78, 5) is 28.8. The summed E-state index contributed by atoms with van der Waals surface area (Å²) in [7, 11) is 2.16. The highest BCUT2D eigenvalue weighted by molar-refractivity contribution is 7.20. The second-order valence-corrected chi connectivity index (χ2v) is 9.13. The van der Waals surface area contributed by atoms with E-state index in [1.54, 1.807) is 0 Å². The van der Waals surface area contributed by atoms with Gasteiger partial charge in [-0.05, 0) is 38.9 Å². The van der Waals surface area contributed by atoms with Gasteiger partial charge in [0.1, 0.15) is 10.7 Å². The number of likely N-dealkylation sites (N-methyl/N-ethyl adjacent to an activating group) is 1. The van der Waals surface area contributed by atoms with Crippen LogP contribution in [0, 0.1) is 20.8 Å². The molecule has 1 unspecified atom stereocenters. The summed E-state index contributed by atoms with van der Waals surface area (Å²) in [6.45, 7) is 10.8. The van der Waals surface area contributed by atoms with Crippen LogP contribution in [0.2, 0.25) is 0 Å². The highest BCUT2D eigenvalue weighted by Gasteiger charge is 2.24. The molecule has 1 amide bonds. The molecule has 0 saturated carbocycles. The normalized spacial score (nSPS) is 16.7. The molecular formula is C23H29N5OS. The Balaban J connectivity index is 1.59. The monoisotopic (exact) mass is 423 g/mol. The van der Waals surface area contributed by atoms with Gasteiger partial charge in [0.15, 0.2) is 0 Å². The van der Waals surface area contributed by atoms with E-state index < -0.39 is 0 Å². The quantitative estimate of drug-likeness (QED) is 0.682. The van der Waals surface area contributed by atoms with Gasteiger partial charge in [0.25, 0.3) is 5.91 Å². The number of aromatic nitrogens is 2. The van der Waals surface area contributed by atoms with Crippen molar-refractivity contribution in [2.24, 2.45) is 0 Å². The van der Waals surface area contributed by atoms with Crippen LogP contribution in [0.5, 0.6) is 0 Å². The number of amides is 1. The van der Waals surface area contributed by atoms with E-state index >= 15 is 0 Å². The predicted octanol–water partition coefficient (Wildman–Crippen LogP) is 3.34. The number of carbonyl (C=O) groups excluding carboxylic acids is 1. The molecule has 0 radical (unpaired) electrons. The molecule has 30 heavy (non-hydrogen) atoms. The fourth-order valence-electron chi connectivity index (χ4n) is 4.12. The summed E-state index contributed by atoms with van der Waals surface area (Å²) in [6.07, 6.45) is 0. The molecule has 1 N–H and O–H groups in total. The molecule has 6 nitrogen and oxygen atoms in total. The standard InChI is InChI=1S/C23H29N5OS/c1-15-20-16(2)24-17(3)25-23(20)30-21(15)22(29)26-19(18-8-6-5-7-9-18)14-28-12-10-27(4)11-13-28/h5-9,19H,10-14H2,1-4H3,(H,26,29). The molecule has 0 aliphatic carbocycles. The number of hydrogen-bond acceptors (Lipinski definition) is 6. The summed E-state index contributed by atoms with van der Waals surface area (Å²) in [5.74, 6) is 0.709. The number of aryl methyl sites for hydroxylation is 3. The van der Waals surface area contributed by atoms with Crippen LogP contribution in [0.15, 0.2) is 30.3 Å². The Bertz CT molecular complexity index is 1040. The van der Waals surface area contributed by atoms with Gasteiger partial charge in [-0.25, -0.2) is 9.97 Å². The molecular weight excluding hydrogens is 394 g/mol. The van der Waals surface area contributed by atoms with E-state index in [4.69, 9.17) is 0 Å². The first kappa shape index (κ1) is 20.9. The summed E-state index contributed by atoms with van der Waals surface area (Å²) < 4.78 is 0. The van der Waals surface area contributed by atoms with Crippen LogP contribution in [0.25, 0.3) is 10.2 Å². The van der Waals surface area contributed by atoms with Crippen molar-refractivity contribution in [3.8, 4) is 0 Å². The SMILES string of the molecule is Cc1nc(C)c2c(C)c(C(=O)NC(CN3CCN(C)CC3)c3ccccc3)sc2n1. The number of nitrogens with zero attached hydrogens (tertiary/aromatic N) is 4. The van der Waals surface area contributed by atoms with Crippen molar-refractivity contribution in [3.63, 3.8) is 0 Å². The lowest BCUT2D eigenvalue weighted by Crippen LogP contribution is -2.47. The van der Waals surface area contributed by atoms with E-state index in [0.717, 1.165) is 70.5 Å². The average Bonchev–Trinajstić information content (AvgIpc) is 3.06. The molecule has 1 saturated heterocycles. The summed E-state index contributed by atoms with van der Waals surface area (Å²) in [5, 5.41) is 4.32. The number of piperazine rings is 1. The van der Waals surface area contributed by atoms with Gasteiger partial charge in [0, 0.05) is 43.8 Å². The molecule has 1 aromatic carbocycles. The summed E-state index contributed by atoms with van der Waals surface area (Å²) >= 11 is 1.46. The van der Waals surface area contributed by atoms with E-state index in [1.807, 2.05) is 39.0 Å². The molecule has 1 aliphatic heterocycles. The Labute approximate surface area is 181 Å². The molecule has 3 aromatic rings. The van der Waals surface area contributed by atoms with Crippen molar-refractivity contribution in [1.82, 2.24) is 25.1 Å². The fourth-order valence-corrected chi connectivity index (χ4v) is 5.30. The van der Waals surface area contributed by atoms with Crippen LogP contribution < -0.4 is 5.32 Å². The van der Waals surface area contributed by atoms with Crippen molar-refractivity contribution < 1.29 is 4.79 Å². The Hall–Kier alpha value is -2.35. The minimum absolute atomic E-state index is 0.0319. The predicted molar refractivity (Wildman–Crippen MR) is 122 cm³/mol. The van der Waals surface area contributed by atoms with E-state index in [0.29, 0.717) is 0 Å². The van der Waals surface area contributed by atoms with Crippen molar-refractivity contribution in [1.29, 1.82) is 0 Å². The zero-order valence-corrected chi connectivity index (χ0v) is 18.9. The van der Waals surface area contributed by atoms with E-state index in [2.05, 4.69) is 44.3 Å². The Kier molecular flexibility index (Phi) is 6.13. The van der Waals surface area contributed by atoms with E-state index in [9.17, 15) is 4.79 Å². The second-order valence-electron chi connectivity index (χ2n) is 8.13. The molecule has 0 bridgehead atoms. The molecule has 1 aliphatic rings. The van der Waals surface area contributed by atoms with Crippen molar-refractivity contribution in [2.75, 3.05) is 39.8 Å². The number of thiophene rings is 1. The molecule has 4 rings (SSSR count). The summed E-state index contributed by atoms with van der Waals surface area (Å²) in [5.41, 5.74) is 3.04. The van der Waals surface area contributed by atoms with Crippen LogP contribution in [-0.2, 0) is 0 Å². The van der Waals surface area contributed by atoms with Gasteiger partial charge >= 0.3 is 0 Å². The minimum atomic E-state index is -0.0550. The zero-order valence-electron chi connectivity index (χ0n) is 18.1. The first-order chi connectivity index (χ1) is 14.4. The Morgan fingerprint density at radius 2 is 1.80 bits per heavy atom. The molecule has 1 atom stereocenters. The third kappa shape index (κ3) is 4.38. The van der Waals surface area contributed by atoms with Crippen molar-refractivity contribution in [2.45, 2.75) is 26.8 Å². The molecule has 0 spiro atoms. The lowest BCUT2D eigenvalue weighted by molar-refractivity contribution is 0.0911. The first-order valence-electron chi connectivity index (χ1n) is 10.4. The van der Waals surface area contributed by atoms with Gasteiger partial charge < -0.3 is 10.2 Å². The van der Waals surface area contributed by atoms with Crippen LogP contribution in [-0.4, -0.2) is 65.4 Å². The average molecular weight is 424 g/mol. The Morgan fingerprint density at radius 3 is 2.50 bits per heavy atom. The van der Waals surface area contributed by atoms with Gasteiger partial charge in [0.2, 0.25) is 0 Å². The molecule has 2 aromatic heterocycles. The number of nitrogens with one attached hydrogen (secondary N) is 1. The number of carbonyl (C=O) groups is 1. The number of fused-ring (bicyclic) bond motifs is 1. The number of benzene rings is 1. The van der Waals surface area contributed by atoms with Crippen LogP contribution in [0.4, 0.5) is 0 Å². The van der Waals surface area contributed by atoms with Gasteiger partial charge in [0.05, 0.1) is 10.9 Å². The lowest BCUT2D eigenvalue weighted by atomic mass is 10.1. The summed E-state index contributed by atoms with van der Waals surface area (Å²) in [6, 6.07) is 10.2. The van der Waals surface area contributed by atoms with Crippen molar-refractivity contribution in [3.05, 3.63) is 57.9 Å². The lowest BCUT2D eigenvalue weighted by Gasteiger charge is -2.35. The van der Waals surface area contributed by atoms with Crippen LogP contribution >= 0.6 is 11.3 Å². The number of rotatable bonds is 5.